The van der Waals surface area contributed by atoms with Gasteiger partial charge in [-0.3, -0.25) is 0 Å². The molecule has 8 heteroatoms. The van der Waals surface area contributed by atoms with E-state index in [0.29, 0.717) is 17.2 Å². The van der Waals surface area contributed by atoms with Crippen LogP contribution in [0.5, 0.6) is 0 Å². The van der Waals surface area contributed by atoms with Gasteiger partial charge in [0.25, 0.3) is 0 Å². The van der Waals surface area contributed by atoms with Crippen molar-refractivity contribution in [3.63, 3.8) is 0 Å². The predicted molar refractivity (Wildman–Crippen MR) is 77.0 cm³/mol. The Kier molecular flexibility index (Phi) is 4.07. The molecule has 1 saturated heterocycles. The van der Waals surface area contributed by atoms with Crippen LogP contribution in [0.2, 0.25) is 0 Å². The van der Waals surface area contributed by atoms with E-state index in [2.05, 4.69) is 15.3 Å². The fourth-order valence-corrected chi connectivity index (χ4v) is 2.76. The third-order valence-corrected chi connectivity index (χ3v) is 4.05. The van der Waals surface area contributed by atoms with Crippen LogP contribution in [0.4, 0.5) is 0 Å². The van der Waals surface area contributed by atoms with Crippen molar-refractivity contribution >= 4 is 29.5 Å². The highest BCUT2D eigenvalue weighted by Gasteiger charge is 2.16. The summed E-state index contributed by atoms with van der Waals surface area (Å²) in [5.74, 6) is -0.963. The van der Waals surface area contributed by atoms with Gasteiger partial charge in [0.1, 0.15) is 15.6 Å². The molecule has 110 valence electrons. The lowest BCUT2D eigenvalue weighted by Gasteiger charge is -2.07. The van der Waals surface area contributed by atoms with E-state index in [0.717, 1.165) is 30.8 Å². The Labute approximate surface area is 124 Å². The molecule has 21 heavy (non-hydrogen) atoms. The lowest BCUT2D eigenvalue weighted by Crippen LogP contribution is -2.15. The molecule has 1 aliphatic rings. The number of carboxylic acids is 1. The largest absolute Gasteiger partial charge is 0.477 e. The van der Waals surface area contributed by atoms with Gasteiger partial charge in [-0.1, -0.05) is 5.21 Å². The SMILES string of the molecule is O=C(O)c1cnc(/C=C/c2cn(CC3CCCO3)nn2)s1. The van der Waals surface area contributed by atoms with Gasteiger partial charge in [-0.15, -0.1) is 16.4 Å². The van der Waals surface area contributed by atoms with E-state index in [1.54, 1.807) is 16.8 Å². The number of ether oxygens (including phenoxy) is 1. The minimum absolute atomic E-state index is 0.219. The molecule has 0 aromatic carbocycles. The molecule has 0 aliphatic carbocycles. The van der Waals surface area contributed by atoms with Crippen molar-refractivity contribution in [1.82, 2.24) is 20.0 Å². The Morgan fingerprint density at radius 2 is 2.48 bits per heavy atom. The minimum Gasteiger partial charge on any atom is -0.477 e. The van der Waals surface area contributed by atoms with Crippen molar-refractivity contribution in [2.45, 2.75) is 25.5 Å². The first-order chi connectivity index (χ1) is 10.2. The highest BCUT2D eigenvalue weighted by molar-refractivity contribution is 7.14. The van der Waals surface area contributed by atoms with Gasteiger partial charge in [-0.2, -0.15) is 0 Å². The number of rotatable bonds is 5. The zero-order valence-corrected chi connectivity index (χ0v) is 12.0. The van der Waals surface area contributed by atoms with Crippen molar-refractivity contribution in [3.05, 3.63) is 28.0 Å². The highest BCUT2D eigenvalue weighted by atomic mass is 32.1. The lowest BCUT2D eigenvalue weighted by molar-refractivity contribution is 0.0702. The standard InChI is InChI=1S/C13H14N4O3S/c18-13(19)11-6-14-12(21-11)4-3-9-7-17(16-15-9)8-10-2-1-5-20-10/h3-4,6-7,10H,1-2,5,8H2,(H,18,19)/b4-3+. The fraction of sp³-hybridized carbons (Fsp3) is 0.385. The van der Waals surface area contributed by atoms with E-state index in [1.807, 2.05) is 6.20 Å². The van der Waals surface area contributed by atoms with Gasteiger partial charge in [0.05, 0.1) is 25.0 Å². The molecule has 0 radical (unpaired) electrons. The molecule has 1 fully saturated rings. The first kappa shape index (κ1) is 13.9. The number of hydrogen-bond acceptors (Lipinski definition) is 6. The van der Waals surface area contributed by atoms with Gasteiger partial charge in [0, 0.05) is 6.61 Å². The van der Waals surface area contributed by atoms with Crippen molar-refractivity contribution in [1.29, 1.82) is 0 Å². The van der Waals surface area contributed by atoms with Crippen LogP contribution in [0.1, 0.15) is 33.2 Å². The number of hydrogen-bond donors (Lipinski definition) is 1. The van der Waals surface area contributed by atoms with E-state index in [-0.39, 0.29) is 11.0 Å². The van der Waals surface area contributed by atoms with Gasteiger partial charge in [-0.05, 0) is 25.0 Å². The van der Waals surface area contributed by atoms with Gasteiger partial charge < -0.3 is 9.84 Å². The topological polar surface area (TPSA) is 90.1 Å². The van der Waals surface area contributed by atoms with Crippen LogP contribution in [-0.2, 0) is 11.3 Å². The Morgan fingerprint density at radius 3 is 3.19 bits per heavy atom. The molecular formula is C13H14N4O3S. The number of nitrogens with zero attached hydrogens (tertiary/aromatic N) is 4. The van der Waals surface area contributed by atoms with E-state index in [4.69, 9.17) is 9.84 Å². The Bertz CT molecular complexity index is 658. The summed E-state index contributed by atoms with van der Waals surface area (Å²) >= 11 is 1.12. The second-order valence-corrected chi connectivity index (χ2v) is 5.76. The minimum atomic E-state index is -0.963. The van der Waals surface area contributed by atoms with E-state index >= 15 is 0 Å². The molecule has 0 saturated carbocycles. The molecule has 7 nitrogen and oxygen atoms in total. The van der Waals surface area contributed by atoms with Crippen molar-refractivity contribution in [2.24, 2.45) is 0 Å². The molecule has 0 bridgehead atoms. The maximum absolute atomic E-state index is 10.8. The third kappa shape index (κ3) is 3.53. The first-order valence-electron chi connectivity index (χ1n) is 6.59. The van der Waals surface area contributed by atoms with Crippen molar-refractivity contribution in [3.8, 4) is 0 Å². The first-order valence-corrected chi connectivity index (χ1v) is 7.41. The maximum Gasteiger partial charge on any atom is 0.347 e. The predicted octanol–water partition coefficient (Wildman–Crippen LogP) is 1.78. The molecule has 3 heterocycles. The molecule has 0 spiro atoms. The average molecular weight is 306 g/mol. The summed E-state index contributed by atoms with van der Waals surface area (Å²) in [4.78, 5) is 15.0. The Morgan fingerprint density at radius 1 is 1.57 bits per heavy atom. The summed E-state index contributed by atoms with van der Waals surface area (Å²) in [6.45, 7) is 1.53. The maximum atomic E-state index is 10.8. The third-order valence-electron chi connectivity index (χ3n) is 3.10. The number of aromatic nitrogens is 4. The number of aromatic carboxylic acids is 1. The van der Waals surface area contributed by atoms with E-state index in [9.17, 15) is 4.79 Å². The molecule has 1 unspecified atom stereocenters. The molecule has 1 N–H and O–H groups in total. The second-order valence-electron chi connectivity index (χ2n) is 4.70. The zero-order valence-electron chi connectivity index (χ0n) is 11.2. The van der Waals surface area contributed by atoms with Crippen molar-refractivity contribution in [2.75, 3.05) is 6.61 Å². The smallest absolute Gasteiger partial charge is 0.347 e. The van der Waals surface area contributed by atoms with Crippen LogP contribution >= 0.6 is 11.3 Å². The quantitative estimate of drug-likeness (QED) is 0.905. The molecule has 3 rings (SSSR count). The number of carbonyl (C=O) groups is 1. The summed E-state index contributed by atoms with van der Waals surface area (Å²) in [6, 6.07) is 0. The fourth-order valence-electron chi connectivity index (χ4n) is 2.10. The summed E-state index contributed by atoms with van der Waals surface area (Å²) in [7, 11) is 0. The number of carboxylic acid groups (broad SMARTS) is 1. The van der Waals surface area contributed by atoms with Gasteiger partial charge in [0.15, 0.2) is 0 Å². The summed E-state index contributed by atoms with van der Waals surface area (Å²) in [6.07, 6.45) is 9.07. The molecular weight excluding hydrogens is 292 g/mol. The molecule has 2 aromatic heterocycles. The van der Waals surface area contributed by atoms with Crippen LogP contribution < -0.4 is 0 Å². The van der Waals surface area contributed by atoms with E-state index < -0.39 is 5.97 Å². The van der Waals surface area contributed by atoms with Crippen LogP contribution in [0.3, 0.4) is 0 Å². The van der Waals surface area contributed by atoms with Crippen LogP contribution in [-0.4, -0.2) is 43.8 Å². The zero-order chi connectivity index (χ0) is 14.7. The Balaban J connectivity index is 1.62. The van der Waals surface area contributed by atoms with Crippen LogP contribution in [0.15, 0.2) is 12.4 Å². The van der Waals surface area contributed by atoms with Gasteiger partial charge >= 0.3 is 5.97 Å². The summed E-state index contributed by atoms with van der Waals surface area (Å²) in [5.41, 5.74) is 0.708. The molecule has 0 amide bonds. The monoisotopic (exact) mass is 306 g/mol. The summed E-state index contributed by atoms with van der Waals surface area (Å²) < 4.78 is 7.31. The number of thiazole rings is 1. The van der Waals surface area contributed by atoms with Gasteiger partial charge in [0.2, 0.25) is 0 Å². The average Bonchev–Trinajstić information content (AvgIpc) is 3.18. The Hall–Kier alpha value is -2.06. The molecule has 2 aromatic rings. The van der Waals surface area contributed by atoms with Gasteiger partial charge in [-0.25, -0.2) is 14.5 Å². The summed E-state index contributed by atoms with van der Waals surface area (Å²) in [5, 5.41) is 17.6. The molecule has 1 atom stereocenters. The second kappa shape index (κ2) is 6.15. The molecule has 1 aliphatic heterocycles. The van der Waals surface area contributed by atoms with Crippen LogP contribution in [0.25, 0.3) is 12.2 Å². The highest BCUT2D eigenvalue weighted by Crippen LogP contribution is 2.16. The lowest BCUT2D eigenvalue weighted by atomic mass is 10.2. The van der Waals surface area contributed by atoms with Crippen molar-refractivity contribution < 1.29 is 14.6 Å². The van der Waals surface area contributed by atoms with E-state index in [1.165, 1.54) is 6.20 Å². The van der Waals surface area contributed by atoms with Crippen LogP contribution in [0, 0.1) is 0 Å². The normalized spacial score (nSPS) is 18.6.